The molecule has 1 saturated heterocycles. The Kier molecular flexibility index (Phi) is 4.65. The standard InChI is InChI=1S/C18H20ClN5O3/c1-3-20-17-22-14-12-7-10(19)5-6-13(12)27-15(14)16(23-17)24-8-11(9-24)26-18(25)21-4-2/h5-7,11H,3-4,8-9H2,1-2H3,(H,21,25)(H,20,22,23). The van der Waals surface area contributed by atoms with Gasteiger partial charge in [-0.25, -0.2) is 9.78 Å². The topological polar surface area (TPSA) is 92.5 Å². The van der Waals surface area contributed by atoms with Gasteiger partial charge in [0.25, 0.3) is 0 Å². The molecule has 1 aliphatic heterocycles. The van der Waals surface area contributed by atoms with Crippen LogP contribution in [0.5, 0.6) is 0 Å². The van der Waals surface area contributed by atoms with Crippen LogP contribution in [0.15, 0.2) is 22.6 Å². The predicted octanol–water partition coefficient (Wildman–Crippen LogP) is 3.40. The lowest BCUT2D eigenvalue weighted by Crippen LogP contribution is -2.54. The summed E-state index contributed by atoms with van der Waals surface area (Å²) in [5, 5.41) is 7.25. The van der Waals surface area contributed by atoms with E-state index in [1.54, 1.807) is 6.07 Å². The summed E-state index contributed by atoms with van der Waals surface area (Å²) in [6, 6.07) is 5.45. The van der Waals surface area contributed by atoms with Crippen LogP contribution in [0.3, 0.4) is 0 Å². The summed E-state index contributed by atoms with van der Waals surface area (Å²) >= 11 is 6.15. The van der Waals surface area contributed by atoms with E-state index in [0.717, 1.165) is 5.39 Å². The second-order valence-corrected chi connectivity index (χ2v) is 6.72. The first kappa shape index (κ1) is 17.7. The highest BCUT2D eigenvalue weighted by Gasteiger charge is 2.33. The van der Waals surface area contributed by atoms with Crippen LogP contribution < -0.4 is 15.5 Å². The van der Waals surface area contributed by atoms with Gasteiger partial charge in [0.05, 0.1) is 13.1 Å². The van der Waals surface area contributed by atoms with E-state index in [2.05, 4.69) is 20.6 Å². The van der Waals surface area contributed by atoms with Gasteiger partial charge in [-0.15, -0.1) is 0 Å². The Morgan fingerprint density at radius 2 is 2.15 bits per heavy atom. The summed E-state index contributed by atoms with van der Waals surface area (Å²) in [6.45, 7) is 6.17. The van der Waals surface area contributed by atoms with Crippen molar-refractivity contribution in [3.8, 4) is 0 Å². The molecule has 1 aromatic carbocycles. The summed E-state index contributed by atoms with van der Waals surface area (Å²) in [5.41, 5.74) is 2.01. The van der Waals surface area contributed by atoms with Crippen molar-refractivity contribution in [1.82, 2.24) is 15.3 Å². The highest BCUT2D eigenvalue weighted by Crippen LogP contribution is 2.36. The molecule has 1 aliphatic rings. The number of benzene rings is 1. The Balaban J connectivity index is 1.68. The van der Waals surface area contributed by atoms with Gasteiger partial charge in [-0.3, -0.25) is 0 Å². The van der Waals surface area contributed by atoms with Gasteiger partial charge in [-0.05, 0) is 32.0 Å². The van der Waals surface area contributed by atoms with E-state index in [1.807, 2.05) is 30.9 Å². The Bertz CT molecular complexity index is 999. The van der Waals surface area contributed by atoms with E-state index in [9.17, 15) is 4.79 Å². The smallest absolute Gasteiger partial charge is 0.407 e. The predicted molar refractivity (Wildman–Crippen MR) is 105 cm³/mol. The quantitative estimate of drug-likeness (QED) is 0.690. The van der Waals surface area contributed by atoms with Gasteiger partial charge in [0.15, 0.2) is 11.4 Å². The van der Waals surface area contributed by atoms with Crippen molar-refractivity contribution < 1.29 is 13.9 Å². The minimum Gasteiger partial charge on any atom is -0.450 e. The molecule has 0 unspecified atom stereocenters. The number of nitrogens with one attached hydrogen (secondary N) is 2. The zero-order valence-corrected chi connectivity index (χ0v) is 15.8. The third kappa shape index (κ3) is 3.32. The molecule has 27 heavy (non-hydrogen) atoms. The van der Waals surface area contributed by atoms with Crippen LogP contribution in [0.2, 0.25) is 5.02 Å². The number of nitrogens with zero attached hydrogens (tertiary/aromatic N) is 3. The number of hydrogen-bond acceptors (Lipinski definition) is 7. The fourth-order valence-corrected chi connectivity index (χ4v) is 3.25. The molecule has 1 amide bonds. The molecule has 2 aromatic heterocycles. The Morgan fingerprint density at radius 1 is 1.33 bits per heavy atom. The maximum Gasteiger partial charge on any atom is 0.407 e. The van der Waals surface area contributed by atoms with Gasteiger partial charge in [-0.1, -0.05) is 11.6 Å². The van der Waals surface area contributed by atoms with Crippen molar-refractivity contribution >= 4 is 51.5 Å². The SMILES string of the molecule is CCNC(=O)OC1CN(c2nc(NCC)nc3c2oc2ccc(Cl)cc23)C1. The lowest BCUT2D eigenvalue weighted by molar-refractivity contribution is 0.0812. The molecule has 4 rings (SSSR count). The Labute approximate surface area is 160 Å². The molecule has 8 nitrogen and oxygen atoms in total. The number of aromatic nitrogens is 2. The number of fused-ring (bicyclic) bond motifs is 3. The fraction of sp³-hybridized carbons (Fsp3) is 0.389. The van der Waals surface area contributed by atoms with E-state index in [1.165, 1.54) is 0 Å². The largest absolute Gasteiger partial charge is 0.450 e. The third-order valence-corrected chi connectivity index (χ3v) is 4.57. The third-order valence-electron chi connectivity index (χ3n) is 4.33. The zero-order valence-electron chi connectivity index (χ0n) is 15.1. The second kappa shape index (κ2) is 7.11. The molecular formula is C18H20ClN5O3. The number of alkyl carbamates (subject to hydrolysis) is 1. The number of hydrogen-bond donors (Lipinski definition) is 2. The summed E-state index contributed by atoms with van der Waals surface area (Å²) < 4.78 is 11.4. The van der Waals surface area contributed by atoms with Gasteiger partial charge in [0.1, 0.15) is 17.2 Å². The first-order valence-corrected chi connectivity index (χ1v) is 9.30. The molecule has 0 bridgehead atoms. The van der Waals surface area contributed by atoms with E-state index in [4.69, 9.17) is 20.8 Å². The van der Waals surface area contributed by atoms with Crippen LogP contribution >= 0.6 is 11.6 Å². The molecule has 142 valence electrons. The van der Waals surface area contributed by atoms with Crippen LogP contribution in [-0.2, 0) is 4.74 Å². The van der Waals surface area contributed by atoms with Crippen LogP contribution in [-0.4, -0.2) is 48.3 Å². The number of anilines is 2. The summed E-state index contributed by atoms with van der Waals surface area (Å²) in [5.74, 6) is 1.20. The number of furan rings is 1. The van der Waals surface area contributed by atoms with Crippen molar-refractivity contribution in [3.05, 3.63) is 23.2 Å². The molecular weight excluding hydrogens is 370 g/mol. The maximum atomic E-state index is 11.6. The summed E-state index contributed by atoms with van der Waals surface area (Å²) in [4.78, 5) is 22.8. The molecule has 9 heteroatoms. The monoisotopic (exact) mass is 389 g/mol. The Hall–Kier alpha value is -2.74. The lowest BCUT2D eigenvalue weighted by atomic mass is 10.1. The molecule has 0 atom stereocenters. The van der Waals surface area contributed by atoms with Crippen LogP contribution in [0.25, 0.3) is 22.1 Å². The molecule has 3 aromatic rings. The molecule has 2 N–H and O–H groups in total. The summed E-state index contributed by atoms with van der Waals surface area (Å²) in [6.07, 6.45) is -0.579. The average Bonchev–Trinajstić information content (AvgIpc) is 2.96. The van der Waals surface area contributed by atoms with Gasteiger partial charge < -0.3 is 24.7 Å². The molecule has 0 radical (unpaired) electrons. The normalized spacial score (nSPS) is 14.4. The first-order chi connectivity index (χ1) is 13.1. The molecule has 3 heterocycles. The average molecular weight is 390 g/mol. The first-order valence-electron chi connectivity index (χ1n) is 8.92. The highest BCUT2D eigenvalue weighted by atomic mass is 35.5. The highest BCUT2D eigenvalue weighted by molar-refractivity contribution is 6.31. The number of carbonyl (C=O) groups is 1. The van der Waals surface area contributed by atoms with Crippen molar-refractivity contribution in [2.45, 2.75) is 20.0 Å². The number of halogens is 1. The Morgan fingerprint density at radius 3 is 2.89 bits per heavy atom. The van der Waals surface area contributed by atoms with Crippen molar-refractivity contribution in [2.24, 2.45) is 0 Å². The number of ether oxygens (including phenoxy) is 1. The number of carbonyl (C=O) groups excluding carboxylic acids is 1. The second-order valence-electron chi connectivity index (χ2n) is 6.28. The zero-order chi connectivity index (χ0) is 19.0. The molecule has 1 fully saturated rings. The van der Waals surface area contributed by atoms with E-state index < -0.39 is 6.09 Å². The molecule has 0 spiro atoms. The lowest BCUT2D eigenvalue weighted by Gasteiger charge is -2.38. The fourth-order valence-electron chi connectivity index (χ4n) is 3.08. The van der Waals surface area contributed by atoms with Crippen molar-refractivity contribution in [1.29, 1.82) is 0 Å². The van der Waals surface area contributed by atoms with Crippen LogP contribution in [0, 0.1) is 0 Å². The van der Waals surface area contributed by atoms with E-state index in [-0.39, 0.29) is 6.10 Å². The van der Waals surface area contributed by atoms with Gasteiger partial charge in [0.2, 0.25) is 5.95 Å². The number of rotatable bonds is 5. The van der Waals surface area contributed by atoms with Crippen LogP contribution in [0.1, 0.15) is 13.8 Å². The molecule has 0 saturated carbocycles. The van der Waals surface area contributed by atoms with Crippen LogP contribution in [0.4, 0.5) is 16.6 Å². The molecule has 0 aliphatic carbocycles. The van der Waals surface area contributed by atoms with Crippen molar-refractivity contribution in [2.75, 3.05) is 36.4 Å². The minimum absolute atomic E-state index is 0.178. The minimum atomic E-state index is -0.401. The van der Waals surface area contributed by atoms with Gasteiger partial charge >= 0.3 is 6.09 Å². The van der Waals surface area contributed by atoms with E-state index in [0.29, 0.717) is 59.7 Å². The maximum absolute atomic E-state index is 11.6. The summed E-state index contributed by atoms with van der Waals surface area (Å²) in [7, 11) is 0. The van der Waals surface area contributed by atoms with Crippen molar-refractivity contribution in [3.63, 3.8) is 0 Å². The van der Waals surface area contributed by atoms with E-state index >= 15 is 0 Å². The van der Waals surface area contributed by atoms with Gasteiger partial charge in [-0.2, -0.15) is 4.98 Å². The van der Waals surface area contributed by atoms with Gasteiger partial charge in [0, 0.05) is 23.5 Å². The number of amides is 1.